The molecule has 0 N–H and O–H groups in total. The fourth-order valence-corrected chi connectivity index (χ4v) is 5.35. The van der Waals surface area contributed by atoms with E-state index >= 15 is 0 Å². The second kappa shape index (κ2) is 12.3. The van der Waals surface area contributed by atoms with Gasteiger partial charge >= 0.3 is 0 Å². The van der Waals surface area contributed by atoms with Crippen LogP contribution >= 0.6 is 0 Å². The van der Waals surface area contributed by atoms with E-state index in [-0.39, 0.29) is 23.8 Å². The smallest absolute Gasteiger partial charge is 0.271 e. The first kappa shape index (κ1) is 27.9. The van der Waals surface area contributed by atoms with Crippen LogP contribution in [0.3, 0.4) is 0 Å². The Hall–Kier alpha value is -5.26. The minimum atomic E-state index is -0.582. The molecule has 1 unspecified atom stereocenters. The van der Waals surface area contributed by atoms with Gasteiger partial charge in [0.05, 0.1) is 18.3 Å². The van der Waals surface area contributed by atoms with Crippen LogP contribution in [0.2, 0.25) is 0 Å². The quantitative estimate of drug-likeness (QED) is 0.194. The highest BCUT2D eigenvalue weighted by Crippen LogP contribution is 2.33. The number of imide groups is 1. The van der Waals surface area contributed by atoms with Gasteiger partial charge in [0.2, 0.25) is 0 Å². The Balaban J connectivity index is 1.41. The molecular weight excluding hydrogens is 540 g/mol. The number of nitrogens with zero attached hydrogens (tertiary/aromatic N) is 4. The molecule has 3 aromatic carbocycles. The molecule has 4 aromatic rings. The zero-order valence-corrected chi connectivity index (χ0v) is 23.8. The molecule has 214 valence electrons. The van der Waals surface area contributed by atoms with E-state index in [1.165, 1.54) is 0 Å². The number of aromatic nitrogens is 2. The SMILES string of the molecule is CC1=C(C#N)C(=O)N(CC2CCCO2)C(=O)/C1=C/c1cn(-c2ccccc2)nc1-c1cccc(OCc2ccccc2)c1. The highest BCUT2D eigenvalue weighted by atomic mass is 16.5. The number of carbonyl (C=O) groups excluding carboxylic acids is 2. The second-order valence-electron chi connectivity index (χ2n) is 10.5. The molecule has 6 rings (SSSR count). The van der Waals surface area contributed by atoms with E-state index < -0.39 is 11.8 Å². The van der Waals surface area contributed by atoms with Gasteiger partial charge in [0.1, 0.15) is 29.7 Å². The van der Waals surface area contributed by atoms with Crippen LogP contribution in [0, 0.1) is 11.3 Å². The van der Waals surface area contributed by atoms with Crippen LogP contribution in [0.5, 0.6) is 5.75 Å². The summed E-state index contributed by atoms with van der Waals surface area (Å²) >= 11 is 0. The van der Waals surface area contributed by atoms with Crippen molar-refractivity contribution < 1.29 is 19.1 Å². The molecule has 1 atom stereocenters. The van der Waals surface area contributed by atoms with Crippen LogP contribution < -0.4 is 4.74 Å². The Morgan fingerprint density at radius 1 is 1.02 bits per heavy atom. The predicted molar refractivity (Wildman–Crippen MR) is 162 cm³/mol. The van der Waals surface area contributed by atoms with E-state index in [0.29, 0.717) is 35.8 Å². The number of amides is 2. The van der Waals surface area contributed by atoms with Gasteiger partial charge in [-0.1, -0.05) is 60.7 Å². The third-order valence-electron chi connectivity index (χ3n) is 7.65. The highest BCUT2D eigenvalue weighted by molar-refractivity contribution is 6.19. The Labute approximate surface area is 250 Å². The lowest BCUT2D eigenvalue weighted by Crippen LogP contribution is -2.46. The molecule has 1 fully saturated rings. The summed E-state index contributed by atoms with van der Waals surface area (Å²) in [5, 5.41) is 14.8. The molecule has 1 aromatic heterocycles. The Morgan fingerprint density at radius 3 is 2.51 bits per heavy atom. The number of rotatable bonds is 8. The minimum Gasteiger partial charge on any atom is -0.489 e. The standard InChI is InChI=1S/C35H30N4O4/c1-24-31(34(40)38(35(41)32(24)20-36)22-30-16-9-17-42-30)19-27-21-39(28-13-6-3-7-14-28)37-33(27)26-12-8-15-29(18-26)43-23-25-10-4-2-5-11-25/h2-8,10-15,18-19,21,30H,9,16-17,22-23H2,1H3/b31-19+. The van der Waals surface area contributed by atoms with Gasteiger partial charge in [-0.2, -0.15) is 10.4 Å². The lowest BCUT2D eigenvalue weighted by Gasteiger charge is -2.29. The Bertz CT molecular complexity index is 1760. The maximum absolute atomic E-state index is 13.8. The highest BCUT2D eigenvalue weighted by Gasteiger charge is 2.37. The number of ether oxygens (including phenoxy) is 2. The number of nitriles is 1. The van der Waals surface area contributed by atoms with Crippen LogP contribution in [0.1, 0.15) is 30.9 Å². The molecule has 0 saturated carbocycles. The average Bonchev–Trinajstić information content (AvgIpc) is 3.72. The van der Waals surface area contributed by atoms with Crippen LogP contribution in [-0.4, -0.2) is 45.8 Å². The fraction of sp³-hybridized carbons (Fsp3) is 0.200. The summed E-state index contributed by atoms with van der Waals surface area (Å²) < 4.78 is 13.5. The van der Waals surface area contributed by atoms with Crippen molar-refractivity contribution in [2.75, 3.05) is 13.2 Å². The molecule has 2 aliphatic rings. The van der Waals surface area contributed by atoms with Crippen molar-refractivity contribution in [2.24, 2.45) is 0 Å². The normalized spacial score (nSPS) is 17.9. The van der Waals surface area contributed by atoms with Gasteiger partial charge in [-0.05, 0) is 61.2 Å². The van der Waals surface area contributed by atoms with Gasteiger partial charge in [0, 0.05) is 29.5 Å². The van der Waals surface area contributed by atoms with Gasteiger partial charge in [0.25, 0.3) is 11.8 Å². The fourth-order valence-electron chi connectivity index (χ4n) is 5.35. The number of para-hydroxylation sites is 1. The van der Waals surface area contributed by atoms with Gasteiger partial charge < -0.3 is 9.47 Å². The van der Waals surface area contributed by atoms with Crippen molar-refractivity contribution in [3.05, 3.63) is 119 Å². The first-order valence-corrected chi connectivity index (χ1v) is 14.2. The van der Waals surface area contributed by atoms with Crippen LogP contribution in [0.15, 0.2) is 108 Å². The second-order valence-corrected chi connectivity index (χ2v) is 10.5. The van der Waals surface area contributed by atoms with Crippen LogP contribution in [-0.2, 0) is 20.9 Å². The van der Waals surface area contributed by atoms with E-state index in [1.54, 1.807) is 17.7 Å². The van der Waals surface area contributed by atoms with Gasteiger partial charge in [0.15, 0.2) is 0 Å². The molecule has 8 nitrogen and oxygen atoms in total. The van der Waals surface area contributed by atoms with Crippen molar-refractivity contribution >= 4 is 17.9 Å². The Kier molecular flexibility index (Phi) is 7.98. The molecule has 3 heterocycles. The molecule has 0 bridgehead atoms. The molecule has 0 aliphatic carbocycles. The van der Waals surface area contributed by atoms with Crippen molar-refractivity contribution in [1.82, 2.24) is 14.7 Å². The zero-order valence-electron chi connectivity index (χ0n) is 23.8. The lowest BCUT2D eigenvalue weighted by molar-refractivity contribution is -0.142. The zero-order chi connectivity index (χ0) is 29.8. The summed E-state index contributed by atoms with van der Waals surface area (Å²) in [6.45, 7) is 2.77. The summed E-state index contributed by atoms with van der Waals surface area (Å²) in [6, 6.07) is 29.3. The summed E-state index contributed by atoms with van der Waals surface area (Å²) in [6.07, 6.45) is 4.98. The summed E-state index contributed by atoms with van der Waals surface area (Å²) in [7, 11) is 0. The van der Waals surface area contributed by atoms with E-state index in [2.05, 4.69) is 0 Å². The maximum Gasteiger partial charge on any atom is 0.271 e. The largest absolute Gasteiger partial charge is 0.489 e. The van der Waals surface area contributed by atoms with Crippen LogP contribution in [0.25, 0.3) is 23.0 Å². The van der Waals surface area contributed by atoms with Crippen molar-refractivity contribution in [1.29, 1.82) is 5.26 Å². The number of hydrogen-bond acceptors (Lipinski definition) is 6. The molecule has 0 spiro atoms. The molecule has 43 heavy (non-hydrogen) atoms. The van der Waals surface area contributed by atoms with Crippen LogP contribution in [0.4, 0.5) is 0 Å². The molecule has 2 amide bonds. The monoisotopic (exact) mass is 570 g/mol. The molecule has 0 radical (unpaired) electrons. The number of hydrogen-bond donors (Lipinski definition) is 0. The summed E-state index contributed by atoms with van der Waals surface area (Å²) in [5.41, 5.74) is 4.57. The van der Waals surface area contributed by atoms with Gasteiger partial charge in [-0.15, -0.1) is 0 Å². The molecule has 8 heteroatoms. The van der Waals surface area contributed by atoms with E-state index in [4.69, 9.17) is 14.6 Å². The van der Waals surface area contributed by atoms with Crippen molar-refractivity contribution in [3.8, 4) is 28.8 Å². The number of benzene rings is 3. The minimum absolute atomic E-state index is 0.0443. The van der Waals surface area contributed by atoms with E-state index in [0.717, 1.165) is 34.6 Å². The molecule has 2 aliphatic heterocycles. The molecule has 1 saturated heterocycles. The van der Waals surface area contributed by atoms with Crippen molar-refractivity contribution in [3.63, 3.8) is 0 Å². The molecular formula is C35H30N4O4. The maximum atomic E-state index is 13.8. The first-order chi connectivity index (χ1) is 21.0. The van der Waals surface area contributed by atoms with Crippen molar-refractivity contribution in [2.45, 2.75) is 32.5 Å². The number of carbonyl (C=O) groups is 2. The van der Waals surface area contributed by atoms with Gasteiger partial charge in [-0.25, -0.2) is 4.68 Å². The van der Waals surface area contributed by atoms with E-state index in [9.17, 15) is 14.9 Å². The summed E-state index contributed by atoms with van der Waals surface area (Å²) in [4.78, 5) is 28.1. The first-order valence-electron chi connectivity index (χ1n) is 14.2. The Morgan fingerprint density at radius 2 is 1.79 bits per heavy atom. The van der Waals surface area contributed by atoms with Gasteiger partial charge in [-0.3, -0.25) is 14.5 Å². The average molecular weight is 571 g/mol. The predicted octanol–water partition coefficient (Wildman–Crippen LogP) is 5.89. The third kappa shape index (κ3) is 5.89. The van der Waals surface area contributed by atoms with E-state index in [1.807, 2.05) is 97.2 Å². The lowest BCUT2D eigenvalue weighted by atomic mass is 9.93. The third-order valence-corrected chi connectivity index (χ3v) is 7.65. The summed E-state index contributed by atoms with van der Waals surface area (Å²) in [5.74, 6) is -0.351. The topological polar surface area (TPSA) is 97.5 Å².